The molecule has 0 aliphatic carbocycles. The van der Waals surface area contributed by atoms with Crippen molar-refractivity contribution in [3.05, 3.63) is 59.0 Å². The van der Waals surface area contributed by atoms with E-state index in [0.717, 1.165) is 21.9 Å². The van der Waals surface area contributed by atoms with Crippen molar-refractivity contribution in [1.29, 1.82) is 0 Å². The Bertz CT molecular complexity index is 763. The first-order chi connectivity index (χ1) is 10.3. The van der Waals surface area contributed by atoms with E-state index in [1.54, 1.807) is 11.3 Å². The smallest absolute Gasteiger partial charge is 0.161 e. The van der Waals surface area contributed by atoms with E-state index in [9.17, 15) is 0 Å². The molecule has 0 radical (unpaired) electrons. The molecule has 2 N–H and O–H groups in total. The number of hydrogen-bond acceptors (Lipinski definition) is 4. The Morgan fingerprint density at radius 2 is 1.76 bits per heavy atom. The largest absolute Gasteiger partial charge is 0.486 e. The molecule has 2 aromatic carbocycles. The van der Waals surface area contributed by atoms with Crippen molar-refractivity contribution in [2.24, 2.45) is 5.73 Å². The van der Waals surface area contributed by atoms with Crippen molar-refractivity contribution in [3.63, 3.8) is 0 Å². The van der Waals surface area contributed by atoms with Crippen LogP contribution in [0, 0.1) is 0 Å². The molecule has 4 rings (SSSR count). The van der Waals surface area contributed by atoms with Crippen LogP contribution in [-0.2, 0) is 0 Å². The monoisotopic (exact) mass is 297 g/mol. The van der Waals surface area contributed by atoms with Crippen LogP contribution in [-0.4, -0.2) is 13.2 Å². The predicted octanol–water partition coefficient (Wildman–Crippen LogP) is 3.72. The van der Waals surface area contributed by atoms with Gasteiger partial charge in [0.25, 0.3) is 0 Å². The molecule has 1 atom stereocenters. The third kappa shape index (κ3) is 2.26. The second kappa shape index (κ2) is 5.06. The van der Waals surface area contributed by atoms with Gasteiger partial charge in [-0.1, -0.05) is 24.3 Å². The number of thiophene rings is 1. The molecule has 4 heteroatoms. The van der Waals surface area contributed by atoms with Crippen LogP contribution in [0.4, 0.5) is 0 Å². The van der Waals surface area contributed by atoms with E-state index >= 15 is 0 Å². The van der Waals surface area contributed by atoms with Crippen molar-refractivity contribution in [3.8, 4) is 11.5 Å². The van der Waals surface area contributed by atoms with Crippen molar-refractivity contribution in [2.45, 2.75) is 6.04 Å². The maximum Gasteiger partial charge on any atom is 0.161 e. The first-order valence-electron chi connectivity index (χ1n) is 6.95. The second-order valence-electron chi connectivity index (χ2n) is 5.07. The summed E-state index contributed by atoms with van der Waals surface area (Å²) in [5.41, 5.74) is 7.47. The van der Waals surface area contributed by atoms with E-state index in [2.05, 4.69) is 30.3 Å². The molecular weight excluding hydrogens is 282 g/mol. The van der Waals surface area contributed by atoms with Crippen LogP contribution in [0.5, 0.6) is 11.5 Å². The summed E-state index contributed by atoms with van der Waals surface area (Å²) in [6, 6.07) is 16.3. The summed E-state index contributed by atoms with van der Waals surface area (Å²) in [4.78, 5) is 1.16. The lowest BCUT2D eigenvalue weighted by Gasteiger charge is -2.20. The van der Waals surface area contributed by atoms with Crippen LogP contribution >= 0.6 is 11.3 Å². The maximum absolute atomic E-state index is 6.43. The molecule has 2 heterocycles. The molecule has 0 fully saturated rings. The molecule has 1 aliphatic heterocycles. The van der Waals surface area contributed by atoms with Gasteiger partial charge in [0.1, 0.15) is 13.2 Å². The minimum Gasteiger partial charge on any atom is -0.486 e. The van der Waals surface area contributed by atoms with Gasteiger partial charge in [0.2, 0.25) is 0 Å². The lowest BCUT2D eigenvalue weighted by atomic mass is 10.0. The number of benzene rings is 2. The third-order valence-electron chi connectivity index (χ3n) is 3.68. The number of rotatable bonds is 2. The third-order valence-corrected chi connectivity index (χ3v) is 4.88. The summed E-state index contributed by atoms with van der Waals surface area (Å²) < 4.78 is 12.4. The van der Waals surface area contributed by atoms with Crippen molar-refractivity contribution < 1.29 is 9.47 Å². The predicted molar refractivity (Wildman–Crippen MR) is 85.3 cm³/mol. The fourth-order valence-electron chi connectivity index (χ4n) is 2.57. The average Bonchev–Trinajstić information content (AvgIpc) is 2.97. The number of fused-ring (bicyclic) bond motifs is 2. The van der Waals surface area contributed by atoms with Crippen molar-refractivity contribution >= 4 is 21.4 Å². The molecule has 3 aromatic rings. The molecule has 1 aliphatic rings. The molecule has 0 saturated heterocycles. The van der Waals surface area contributed by atoms with Gasteiger partial charge < -0.3 is 15.2 Å². The Labute approximate surface area is 126 Å². The van der Waals surface area contributed by atoms with Gasteiger partial charge in [-0.15, -0.1) is 11.3 Å². The Morgan fingerprint density at radius 3 is 2.62 bits per heavy atom. The van der Waals surface area contributed by atoms with Crippen molar-refractivity contribution in [1.82, 2.24) is 0 Å². The van der Waals surface area contributed by atoms with Crippen LogP contribution in [0.15, 0.2) is 48.5 Å². The summed E-state index contributed by atoms with van der Waals surface area (Å²) in [6.45, 7) is 1.20. The van der Waals surface area contributed by atoms with Gasteiger partial charge in [-0.25, -0.2) is 0 Å². The highest BCUT2D eigenvalue weighted by Gasteiger charge is 2.17. The van der Waals surface area contributed by atoms with Gasteiger partial charge in [-0.3, -0.25) is 0 Å². The normalized spacial score (nSPS) is 15.1. The summed E-state index contributed by atoms with van der Waals surface area (Å²) in [5, 5.41) is 1.24. The van der Waals surface area contributed by atoms with Gasteiger partial charge >= 0.3 is 0 Å². The molecule has 21 heavy (non-hydrogen) atoms. The Kier molecular flexibility index (Phi) is 3.05. The zero-order valence-corrected chi connectivity index (χ0v) is 12.2. The highest BCUT2D eigenvalue weighted by molar-refractivity contribution is 7.19. The topological polar surface area (TPSA) is 44.5 Å². The zero-order valence-electron chi connectivity index (χ0n) is 11.4. The van der Waals surface area contributed by atoms with E-state index in [0.29, 0.717) is 13.2 Å². The SMILES string of the molecule is NC(c1ccc2c(c1)OCCO2)c1cc2ccccc2s1. The first-order valence-corrected chi connectivity index (χ1v) is 7.76. The van der Waals surface area contributed by atoms with E-state index in [1.165, 1.54) is 10.1 Å². The first kappa shape index (κ1) is 12.7. The van der Waals surface area contributed by atoms with Gasteiger partial charge in [-0.05, 0) is 35.2 Å². The van der Waals surface area contributed by atoms with Crippen LogP contribution in [0.1, 0.15) is 16.5 Å². The van der Waals surface area contributed by atoms with E-state index < -0.39 is 0 Å². The minimum absolute atomic E-state index is 0.141. The standard InChI is InChI=1S/C17H15NO2S/c18-17(16-10-11-3-1-2-4-15(11)21-16)12-5-6-13-14(9-12)20-8-7-19-13/h1-6,9-10,17H,7-8,18H2. The van der Waals surface area contributed by atoms with Crippen LogP contribution in [0.3, 0.4) is 0 Å². The fourth-order valence-corrected chi connectivity index (χ4v) is 3.67. The molecule has 0 amide bonds. The average molecular weight is 297 g/mol. The lowest BCUT2D eigenvalue weighted by Crippen LogP contribution is -2.16. The maximum atomic E-state index is 6.43. The summed E-state index contributed by atoms with van der Waals surface area (Å²) >= 11 is 1.74. The van der Waals surface area contributed by atoms with Gasteiger partial charge in [-0.2, -0.15) is 0 Å². The van der Waals surface area contributed by atoms with Crippen LogP contribution < -0.4 is 15.2 Å². The number of nitrogens with two attached hydrogens (primary N) is 1. The van der Waals surface area contributed by atoms with Gasteiger partial charge in [0, 0.05) is 9.58 Å². The molecular formula is C17H15NO2S. The second-order valence-corrected chi connectivity index (χ2v) is 6.18. The zero-order chi connectivity index (χ0) is 14.2. The Hall–Kier alpha value is -2.04. The number of ether oxygens (including phenoxy) is 2. The van der Waals surface area contributed by atoms with Gasteiger partial charge in [0.05, 0.1) is 6.04 Å². The molecule has 106 valence electrons. The molecule has 1 unspecified atom stereocenters. The summed E-state index contributed by atoms with van der Waals surface area (Å²) in [6.07, 6.45) is 0. The highest BCUT2D eigenvalue weighted by atomic mass is 32.1. The Morgan fingerprint density at radius 1 is 0.952 bits per heavy atom. The van der Waals surface area contributed by atoms with Crippen LogP contribution in [0.2, 0.25) is 0 Å². The van der Waals surface area contributed by atoms with E-state index in [-0.39, 0.29) is 6.04 Å². The summed E-state index contributed by atoms with van der Waals surface area (Å²) in [5.74, 6) is 1.59. The van der Waals surface area contributed by atoms with Crippen LogP contribution in [0.25, 0.3) is 10.1 Å². The highest BCUT2D eigenvalue weighted by Crippen LogP contribution is 2.36. The van der Waals surface area contributed by atoms with Gasteiger partial charge in [0.15, 0.2) is 11.5 Å². The summed E-state index contributed by atoms with van der Waals surface area (Å²) in [7, 11) is 0. The molecule has 0 bridgehead atoms. The van der Waals surface area contributed by atoms with E-state index in [1.807, 2.05) is 18.2 Å². The molecule has 0 saturated carbocycles. The molecule has 3 nitrogen and oxygen atoms in total. The fraction of sp³-hybridized carbons (Fsp3) is 0.176. The molecule has 1 aromatic heterocycles. The minimum atomic E-state index is -0.141. The lowest BCUT2D eigenvalue weighted by molar-refractivity contribution is 0.171. The molecule has 0 spiro atoms. The number of hydrogen-bond donors (Lipinski definition) is 1. The van der Waals surface area contributed by atoms with Crippen molar-refractivity contribution in [2.75, 3.05) is 13.2 Å². The van der Waals surface area contributed by atoms with E-state index in [4.69, 9.17) is 15.2 Å². The quantitative estimate of drug-likeness (QED) is 0.784. The Balaban J connectivity index is 1.71.